The number of hydrogen-bond acceptors (Lipinski definition) is 4. The number of carbonyl (C=O) groups is 1. The Labute approximate surface area is 148 Å². The summed E-state index contributed by atoms with van der Waals surface area (Å²) in [4.78, 5) is 19.8. The largest absolute Gasteiger partial charge is 0.367 e. The van der Waals surface area contributed by atoms with E-state index in [2.05, 4.69) is 31.7 Å². The summed E-state index contributed by atoms with van der Waals surface area (Å²) in [6.45, 7) is 4.80. The van der Waals surface area contributed by atoms with Crippen LogP contribution in [0.3, 0.4) is 0 Å². The van der Waals surface area contributed by atoms with Crippen LogP contribution in [-0.4, -0.2) is 61.6 Å². The van der Waals surface area contributed by atoms with E-state index >= 15 is 0 Å². The van der Waals surface area contributed by atoms with E-state index in [1.54, 1.807) is 12.4 Å². The highest BCUT2D eigenvalue weighted by atomic mass is 16.2. The van der Waals surface area contributed by atoms with E-state index in [1.807, 2.05) is 11.0 Å². The molecule has 0 aromatic carbocycles. The number of hydrogen-bond donors (Lipinski definition) is 1. The molecule has 0 saturated carbocycles. The van der Waals surface area contributed by atoms with Crippen molar-refractivity contribution in [1.82, 2.24) is 29.5 Å². The molecular weight excluding hydrogens is 316 g/mol. The average molecular weight is 342 g/mol. The molecule has 0 aliphatic carbocycles. The van der Waals surface area contributed by atoms with Gasteiger partial charge in [-0.05, 0) is 44.8 Å². The highest BCUT2D eigenvalue weighted by Gasteiger charge is 2.28. The van der Waals surface area contributed by atoms with Crippen LogP contribution < -0.4 is 0 Å². The lowest BCUT2D eigenvalue weighted by Crippen LogP contribution is -2.38. The van der Waals surface area contributed by atoms with Gasteiger partial charge < -0.3 is 14.5 Å². The van der Waals surface area contributed by atoms with Crippen molar-refractivity contribution in [2.45, 2.75) is 38.1 Å². The summed E-state index contributed by atoms with van der Waals surface area (Å²) in [7, 11) is 2.08. The second-order valence-corrected chi connectivity index (χ2v) is 7.18. The SMILES string of the molecule is Cn1c(CN2CCCC2)nnc1C1CCN(C(=O)c2cc[nH]c2)CC1. The molecule has 4 rings (SSSR count). The Bertz CT molecular complexity index is 708. The standard InChI is InChI=1S/C18H26N6O/c1-22-16(13-23-8-2-3-9-23)20-21-17(22)14-5-10-24(11-6-14)18(25)15-4-7-19-12-15/h4,7,12,14,19H,2-3,5-6,8-11,13H2,1H3. The second-order valence-electron chi connectivity index (χ2n) is 7.18. The summed E-state index contributed by atoms with van der Waals surface area (Å²) in [6, 6.07) is 1.84. The van der Waals surface area contributed by atoms with E-state index in [0.29, 0.717) is 5.92 Å². The van der Waals surface area contributed by atoms with Crippen LogP contribution in [0.2, 0.25) is 0 Å². The summed E-state index contributed by atoms with van der Waals surface area (Å²) in [5.41, 5.74) is 0.741. The predicted molar refractivity (Wildman–Crippen MR) is 94.2 cm³/mol. The van der Waals surface area contributed by atoms with Crippen LogP contribution in [0.25, 0.3) is 0 Å². The number of nitrogens with one attached hydrogen (secondary N) is 1. The molecular formula is C18H26N6O. The minimum atomic E-state index is 0.118. The first kappa shape index (κ1) is 16.3. The zero-order chi connectivity index (χ0) is 17.2. The number of carbonyl (C=O) groups excluding carboxylic acids is 1. The van der Waals surface area contributed by atoms with Gasteiger partial charge in [-0.1, -0.05) is 0 Å². The molecule has 1 amide bonds. The molecule has 0 atom stereocenters. The van der Waals surface area contributed by atoms with Crippen LogP contribution in [0.1, 0.15) is 53.6 Å². The highest BCUT2D eigenvalue weighted by Crippen LogP contribution is 2.28. The van der Waals surface area contributed by atoms with Gasteiger partial charge in [0.2, 0.25) is 0 Å². The molecule has 7 heteroatoms. The lowest BCUT2D eigenvalue weighted by Gasteiger charge is -2.31. The van der Waals surface area contributed by atoms with E-state index in [1.165, 1.54) is 25.9 Å². The highest BCUT2D eigenvalue weighted by molar-refractivity contribution is 5.94. The van der Waals surface area contributed by atoms with Crippen LogP contribution >= 0.6 is 0 Å². The Kier molecular flexibility index (Phi) is 4.57. The zero-order valence-corrected chi connectivity index (χ0v) is 14.8. The van der Waals surface area contributed by atoms with Crippen molar-refractivity contribution in [3.05, 3.63) is 35.7 Å². The second kappa shape index (κ2) is 7.00. The maximum Gasteiger partial charge on any atom is 0.255 e. The van der Waals surface area contributed by atoms with Crippen LogP contribution in [0.15, 0.2) is 18.5 Å². The summed E-state index contributed by atoms with van der Waals surface area (Å²) >= 11 is 0. The van der Waals surface area contributed by atoms with Crippen molar-refractivity contribution in [1.29, 1.82) is 0 Å². The normalized spacial score (nSPS) is 19.6. The number of aromatic amines is 1. The molecule has 0 bridgehead atoms. The predicted octanol–water partition coefficient (Wildman–Crippen LogP) is 1.76. The van der Waals surface area contributed by atoms with Crippen molar-refractivity contribution < 1.29 is 4.79 Å². The van der Waals surface area contributed by atoms with Gasteiger partial charge >= 0.3 is 0 Å². The molecule has 7 nitrogen and oxygen atoms in total. The van der Waals surface area contributed by atoms with Crippen molar-refractivity contribution in [2.24, 2.45) is 7.05 Å². The van der Waals surface area contributed by atoms with Crippen LogP contribution in [0.4, 0.5) is 0 Å². The van der Waals surface area contributed by atoms with E-state index in [9.17, 15) is 4.79 Å². The molecule has 2 aromatic rings. The molecule has 2 aromatic heterocycles. The zero-order valence-electron chi connectivity index (χ0n) is 14.8. The summed E-state index contributed by atoms with van der Waals surface area (Å²) in [5.74, 6) is 2.64. The first-order valence-electron chi connectivity index (χ1n) is 9.25. The maximum absolute atomic E-state index is 12.4. The van der Waals surface area contributed by atoms with Gasteiger partial charge in [0.15, 0.2) is 0 Å². The number of H-pyrrole nitrogens is 1. The van der Waals surface area contributed by atoms with Crippen molar-refractivity contribution in [2.75, 3.05) is 26.2 Å². The van der Waals surface area contributed by atoms with E-state index < -0.39 is 0 Å². The van der Waals surface area contributed by atoms with Gasteiger partial charge in [0.05, 0.1) is 12.1 Å². The maximum atomic E-state index is 12.4. The molecule has 0 radical (unpaired) electrons. The Morgan fingerprint density at radius 3 is 2.64 bits per heavy atom. The van der Waals surface area contributed by atoms with Crippen molar-refractivity contribution in [3.63, 3.8) is 0 Å². The number of piperidine rings is 1. The third kappa shape index (κ3) is 3.33. The average Bonchev–Trinajstić information content (AvgIpc) is 3.39. The lowest BCUT2D eigenvalue weighted by molar-refractivity contribution is 0.0710. The quantitative estimate of drug-likeness (QED) is 0.919. The Balaban J connectivity index is 1.37. The third-order valence-electron chi connectivity index (χ3n) is 5.55. The molecule has 134 valence electrons. The van der Waals surface area contributed by atoms with Crippen LogP contribution in [-0.2, 0) is 13.6 Å². The Morgan fingerprint density at radius 1 is 1.20 bits per heavy atom. The van der Waals surface area contributed by atoms with Crippen LogP contribution in [0, 0.1) is 0 Å². The van der Waals surface area contributed by atoms with Gasteiger partial charge in [0.1, 0.15) is 11.6 Å². The minimum absolute atomic E-state index is 0.118. The fourth-order valence-electron chi connectivity index (χ4n) is 3.99. The fraction of sp³-hybridized carbons (Fsp3) is 0.611. The van der Waals surface area contributed by atoms with Gasteiger partial charge in [-0.3, -0.25) is 9.69 Å². The van der Waals surface area contributed by atoms with Gasteiger partial charge in [0.25, 0.3) is 5.91 Å². The fourth-order valence-corrected chi connectivity index (χ4v) is 3.99. The topological polar surface area (TPSA) is 70.1 Å². The molecule has 0 unspecified atom stereocenters. The molecule has 25 heavy (non-hydrogen) atoms. The van der Waals surface area contributed by atoms with Gasteiger partial charge in [-0.25, -0.2) is 0 Å². The molecule has 2 aliphatic heterocycles. The Hall–Kier alpha value is -2.15. The van der Waals surface area contributed by atoms with E-state index in [0.717, 1.165) is 49.7 Å². The minimum Gasteiger partial charge on any atom is -0.367 e. The monoisotopic (exact) mass is 342 g/mol. The molecule has 2 saturated heterocycles. The van der Waals surface area contributed by atoms with Gasteiger partial charge in [-0.2, -0.15) is 0 Å². The molecule has 4 heterocycles. The van der Waals surface area contributed by atoms with Crippen molar-refractivity contribution in [3.8, 4) is 0 Å². The number of rotatable bonds is 4. The van der Waals surface area contributed by atoms with Gasteiger partial charge in [0, 0.05) is 38.4 Å². The number of aromatic nitrogens is 4. The molecule has 0 spiro atoms. The van der Waals surface area contributed by atoms with Gasteiger partial charge in [-0.15, -0.1) is 10.2 Å². The lowest BCUT2D eigenvalue weighted by atomic mass is 9.95. The first-order chi connectivity index (χ1) is 12.2. The first-order valence-corrected chi connectivity index (χ1v) is 9.25. The summed E-state index contributed by atoms with van der Waals surface area (Å²) in [6.07, 6.45) is 8.04. The Morgan fingerprint density at radius 2 is 1.96 bits per heavy atom. The summed E-state index contributed by atoms with van der Waals surface area (Å²) in [5, 5.41) is 8.91. The van der Waals surface area contributed by atoms with E-state index in [-0.39, 0.29) is 5.91 Å². The number of nitrogens with zero attached hydrogens (tertiary/aromatic N) is 5. The number of likely N-dealkylation sites (tertiary alicyclic amines) is 2. The summed E-state index contributed by atoms with van der Waals surface area (Å²) < 4.78 is 2.17. The molecule has 2 aliphatic rings. The van der Waals surface area contributed by atoms with Crippen LogP contribution in [0.5, 0.6) is 0 Å². The molecule has 1 N–H and O–H groups in total. The smallest absolute Gasteiger partial charge is 0.255 e. The van der Waals surface area contributed by atoms with Crippen molar-refractivity contribution >= 4 is 5.91 Å². The van der Waals surface area contributed by atoms with E-state index in [4.69, 9.17) is 0 Å². The third-order valence-corrected chi connectivity index (χ3v) is 5.55. The number of amides is 1. The molecule has 2 fully saturated rings.